The average molecular weight is 199 g/mol. The Morgan fingerprint density at radius 1 is 1.36 bits per heavy atom. The Morgan fingerprint density at radius 3 is 2.86 bits per heavy atom. The summed E-state index contributed by atoms with van der Waals surface area (Å²) in [5.74, 6) is 0.595. The molecule has 2 aliphatic heterocycles. The summed E-state index contributed by atoms with van der Waals surface area (Å²) in [6.45, 7) is 8.14. The first-order valence-electron chi connectivity index (χ1n) is 5.68. The molecule has 0 aromatic carbocycles. The van der Waals surface area contributed by atoms with Crippen molar-refractivity contribution in [3.8, 4) is 0 Å². The number of nitrogens with one attached hydrogen (secondary N) is 1. The minimum Gasteiger partial charge on any atom is -0.378 e. The highest BCUT2D eigenvalue weighted by molar-refractivity contribution is 4.92. The van der Waals surface area contributed by atoms with Gasteiger partial charge in [-0.25, -0.2) is 0 Å². The van der Waals surface area contributed by atoms with Crippen molar-refractivity contribution < 1.29 is 9.47 Å². The van der Waals surface area contributed by atoms with Crippen molar-refractivity contribution in [2.45, 2.75) is 38.4 Å². The van der Waals surface area contributed by atoms with E-state index in [1.165, 1.54) is 0 Å². The molecule has 14 heavy (non-hydrogen) atoms. The summed E-state index contributed by atoms with van der Waals surface area (Å²) in [6, 6.07) is 0. The minimum absolute atomic E-state index is 0.0748. The standard InChI is InChI=1S/C11H21NO2/c1-9(2)10-7-11(3-5-13-10)8-12-4-6-14-11/h9-10,12H,3-8H2,1-2H3. The van der Waals surface area contributed by atoms with Crippen LogP contribution in [0.25, 0.3) is 0 Å². The lowest BCUT2D eigenvalue weighted by molar-refractivity contribution is -0.157. The van der Waals surface area contributed by atoms with Crippen LogP contribution in [0.1, 0.15) is 26.7 Å². The topological polar surface area (TPSA) is 30.5 Å². The third kappa shape index (κ3) is 2.10. The SMILES string of the molecule is CC(C)C1CC2(CCO1)CNCCO2. The fourth-order valence-electron chi connectivity index (χ4n) is 2.35. The van der Waals surface area contributed by atoms with Crippen LogP contribution in [0.2, 0.25) is 0 Å². The molecule has 0 radical (unpaired) electrons. The van der Waals surface area contributed by atoms with Crippen molar-refractivity contribution >= 4 is 0 Å². The zero-order valence-corrected chi connectivity index (χ0v) is 9.21. The van der Waals surface area contributed by atoms with E-state index in [0.717, 1.165) is 39.1 Å². The molecule has 0 saturated carbocycles. The maximum atomic E-state index is 5.94. The van der Waals surface area contributed by atoms with Gasteiger partial charge in [0.25, 0.3) is 0 Å². The second-order valence-electron chi connectivity index (χ2n) is 4.82. The van der Waals surface area contributed by atoms with Gasteiger partial charge in [0.1, 0.15) is 0 Å². The second kappa shape index (κ2) is 4.17. The van der Waals surface area contributed by atoms with E-state index in [1.807, 2.05) is 0 Å². The Bertz CT molecular complexity index is 182. The first-order valence-corrected chi connectivity index (χ1v) is 5.68. The number of hydrogen-bond donors (Lipinski definition) is 1. The van der Waals surface area contributed by atoms with E-state index in [9.17, 15) is 0 Å². The molecule has 2 heterocycles. The second-order valence-corrected chi connectivity index (χ2v) is 4.82. The van der Waals surface area contributed by atoms with E-state index in [2.05, 4.69) is 19.2 Å². The van der Waals surface area contributed by atoms with Gasteiger partial charge >= 0.3 is 0 Å². The Hall–Kier alpha value is -0.120. The molecule has 0 amide bonds. The lowest BCUT2D eigenvalue weighted by atomic mass is 9.85. The van der Waals surface area contributed by atoms with Gasteiger partial charge in [-0.2, -0.15) is 0 Å². The first-order chi connectivity index (χ1) is 6.72. The molecule has 0 aliphatic carbocycles. The molecule has 2 fully saturated rings. The highest BCUT2D eigenvalue weighted by Gasteiger charge is 2.39. The fraction of sp³-hybridized carbons (Fsp3) is 1.00. The van der Waals surface area contributed by atoms with Crippen molar-refractivity contribution in [2.75, 3.05) is 26.3 Å². The average Bonchev–Trinajstić information content (AvgIpc) is 2.19. The summed E-state index contributed by atoms with van der Waals surface area (Å²) in [6.07, 6.45) is 2.48. The molecule has 1 N–H and O–H groups in total. The van der Waals surface area contributed by atoms with E-state index >= 15 is 0 Å². The number of rotatable bonds is 1. The maximum Gasteiger partial charge on any atom is 0.0853 e. The lowest BCUT2D eigenvalue weighted by Crippen LogP contribution is -2.55. The molecule has 0 aromatic heterocycles. The summed E-state index contributed by atoms with van der Waals surface area (Å²) in [5.41, 5.74) is 0.0748. The Labute approximate surface area is 86.2 Å². The van der Waals surface area contributed by atoms with Gasteiger partial charge in [-0.15, -0.1) is 0 Å². The smallest absolute Gasteiger partial charge is 0.0853 e. The van der Waals surface area contributed by atoms with Crippen LogP contribution >= 0.6 is 0 Å². The van der Waals surface area contributed by atoms with Crippen molar-refractivity contribution in [1.29, 1.82) is 0 Å². The van der Waals surface area contributed by atoms with E-state index in [0.29, 0.717) is 12.0 Å². The zero-order valence-electron chi connectivity index (χ0n) is 9.21. The molecule has 82 valence electrons. The van der Waals surface area contributed by atoms with Gasteiger partial charge < -0.3 is 14.8 Å². The van der Waals surface area contributed by atoms with Crippen LogP contribution in [0, 0.1) is 5.92 Å². The number of morpholine rings is 1. The van der Waals surface area contributed by atoms with Crippen molar-refractivity contribution in [1.82, 2.24) is 5.32 Å². The molecule has 0 aromatic rings. The fourth-order valence-corrected chi connectivity index (χ4v) is 2.35. The number of hydrogen-bond acceptors (Lipinski definition) is 3. The largest absolute Gasteiger partial charge is 0.378 e. The van der Waals surface area contributed by atoms with Crippen LogP contribution in [-0.2, 0) is 9.47 Å². The molecule has 2 aliphatic rings. The molecule has 2 rings (SSSR count). The third-order valence-corrected chi connectivity index (χ3v) is 3.34. The van der Waals surface area contributed by atoms with E-state index in [1.54, 1.807) is 0 Å². The molecule has 3 nitrogen and oxygen atoms in total. The maximum absolute atomic E-state index is 5.94. The third-order valence-electron chi connectivity index (χ3n) is 3.34. The highest BCUT2D eigenvalue weighted by atomic mass is 16.5. The normalized spacial score (nSPS) is 39.2. The lowest BCUT2D eigenvalue weighted by Gasteiger charge is -2.44. The molecule has 0 bridgehead atoms. The van der Waals surface area contributed by atoms with Crippen LogP contribution in [0.15, 0.2) is 0 Å². The quantitative estimate of drug-likeness (QED) is 0.688. The Morgan fingerprint density at radius 2 is 2.21 bits per heavy atom. The van der Waals surface area contributed by atoms with Crippen molar-refractivity contribution in [3.05, 3.63) is 0 Å². The van der Waals surface area contributed by atoms with Gasteiger partial charge in [-0.3, -0.25) is 0 Å². The molecule has 2 atom stereocenters. The van der Waals surface area contributed by atoms with Crippen molar-refractivity contribution in [3.63, 3.8) is 0 Å². The Kier molecular flexibility index (Phi) is 3.10. The minimum atomic E-state index is 0.0748. The van der Waals surface area contributed by atoms with Gasteiger partial charge in [0, 0.05) is 32.5 Å². The van der Waals surface area contributed by atoms with Gasteiger partial charge in [0.2, 0.25) is 0 Å². The van der Waals surface area contributed by atoms with Gasteiger partial charge in [-0.05, 0) is 5.92 Å². The molecule has 3 heteroatoms. The Balaban J connectivity index is 1.97. The molecular weight excluding hydrogens is 178 g/mol. The monoisotopic (exact) mass is 199 g/mol. The molecule has 1 spiro atoms. The van der Waals surface area contributed by atoms with Crippen molar-refractivity contribution in [2.24, 2.45) is 5.92 Å². The summed E-state index contributed by atoms with van der Waals surface area (Å²) < 4.78 is 11.7. The van der Waals surface area contributed by atoms with Crippen LogP contribution in [-0.4, -0.2) is 38.0 Å². The van der Waals surface area contributed by atoms with E-state index < -0.39 is 0 Å². The summed E-state index contributed by atoms with van der Waals surface area (Å²) in [5, 5.41) is 3.42. The predicted molar refractivity (Wildman–Crippen MR) is 55.4 cm³/mol. The highest BCUT2D eigenvalue weighted by Crippen LogP contribution is 2.32. The van der Waals surface area contributed by atoms with Gasteiger partial charge in [0.05, 0.1) is 18.3 Å². The van der Waals surface area contributed by atoms with E-state index in [-0.39, 0.29) is 5.60 Å². The predicted octanol–water partition coefficient (Wildman–Crippen LogP) is 1.18. The summed E-state index contributed by atoms with van der Waals surface area (Å²) in [4.78, 5) is 0. The van der Waals surface area contributed by atoms with Crippen LogP contribution in [0.3, 0.4) is 0 Å². The molecule has 2 saturated heterocycles. The van der Waals surface area contributed by atoms with Crippen LogP contribution in [0.4, 0.5) is 0 Å². The summed E-state index contributed by atoms with van der Waals surface area (Å²) in [7, 11) is 0. The first kappa shape index (κ1) is 10.4. The number of ether oxygens (including phenoxy) is 2. The van der Waals surface area contributed by atoms with Crippen LogP contribution in [0.5, 0.6) is 0 Å². The molecule has 2 unspecified atom stereocenters. The van der Waals surface area contributed by atoms with Gasteiger partial charge in [0.15, 0.2) is 0 Å². The van der Waals surface area contributed by atoms with Gasteiger partial charge in [-0.1, -0.05) is 13.8 Å². The molecular formula is C11H21NO2. The van der Waals surface area contributed by atoms with E-state index in [4.69, 9.17) is 9.47 Å². The summed E-state index contributed by atoms with van der Waals surface area (Å²) >= 11 is 0. The zero-order chi connectivity index (χ0) is 10.0. The van der Waals surface area contributed by atoms with Crippen LogP contribution < -0.4 is 5.32 Å².